The fraction of sp³-hybridized carbons (Fsp3) is 0.333. The molecule has 5 nitrogen and oxygen atoms in total. The average Bonchev–Trinajstić information content (AvgIpc) is 2.37. The van der Waals surface area contributed by atoms with Crippen molar-refractivity contribution in [1.29, 1.82) is 0 Å². The summed E-state index contributed by atoms with van der Waals surface area (Å²) in [7, 11) is 0. The zero-order valence-electron chi connectivity index (χ0n) is 10.2. The lowest BCUT2D eigenvalue weighted by molar-refractivity contribution is -0.123. The van der Waals surface area contributed by atoms with Gasteiger partial charge >= 0.3 is 0 Å². The fourth-order valence-corrected chi connectivity index (χ4v) is 2.00. The lowest BCUT2D eigenvalue weighted by Crippen LogP contribution is -2.36. The third-order valence-electron chi connectivity index (χ3n) is 2.06. The molecule has 2 amide bonds. The lowest BCUT2D eigenvalue weighted by atomic mass is 10.3. The largest absolute Gasteiger partial charge is 0.346 e. The van der Waals surface area contributed by atoms with E-state index >= 15 is 0 Å². The second-order valence-corrected chi connectivity index (χ2v) is 4.83. The van der Waals surface area contributed by atoms with Gasteiger partial charge < -0.3 is 16.4 Å². The van der Waals surface area contributed by atoms with Crippen molar-refractivity contribution in [3.05, 3.63) is 24.3 Å². The van der Waals surface area contributed by atoms with E-state index in [1.807, 2.05) is 24.3 Å². The van der Waals surface area contributed by atoms with Gasteiger partial charge in [-0.2, -0.15) is 0 Å². The van der Waals surface area contributed by atoms with Crippen LogP contribution in [0.4, 0.5) is 5.69 Å². The molecule has 0 spiro atoms. The molecule has 0 bridgehead atoms. The Hall–Kier alpha value is -1.53. The number of thioether (sulfide) groups is 1. The van der Waals surface area contributed by atoms with Gasteiger partial charge in [0.1, 0.15) is 0 Å². The summed E-state index contributed by atoms with van der Waals surface area (Å²) in [5.74, 6) is 0.361. The third kappa shape index (κ3) is 5.20. The molecule has 1 aromatic rings. The van der Waals surface area contributed by atoms with Crippen LogP contribution in [0.3, 0.4) is 0 Å². The van der Waals surface area contributed by atoms with Gasteiger partial charge in [0.2, 0.25) is 11.8 Å². The number of anilines is 1. The molecule has 18 heavy (non-hydrogen) atoms. The molecule has 98 valence electrons. The molecule has 4 N–H and O–H groups in total. The summed E-state index contributed by atoms with van der Waals surface area (Å²) in [6.45, 7) is 1.88. The van der Waals surface area contributed by atoms with E-state index in [0.29, 0.717) is 0 Å². The number of carbonyl (C=O) groups is 2. The van der Waals surface area contributed by atoms with E-state index < -0.39 is 0 Å². The van der Waals surface area contributed by atoms with Crippen LogP contribution in [0.1, 0.15) is 6.92 Å². The van der Waals surface area contributed by atoms with Gasteiger partial charge in [0.15, 0.2) is 0 Å². The second-order valence-electron chi connectivity index (χ2n) is 3.49. The molecular weight excluding hydrogens is 250 g/mol. The van der Waals surface area contributed by atoms with Crippen LogP contribution in [0.2, 0.25) is 0 Å². The van der Waals surface area contributed by atoms with Gasteiger partial charge in [-0.3, -0.25) is 9.59 Å². The molecule has 0 saturated carbocycles. The molecule has 0 saturated heterocycles. The van der Waals surface area contributed by atoms with Crippen LogP contribution < -0.4 is 16.4 Å². The number of amides is 2. The molecule has 0 atom stereocenters. The van der Waals surface area contributed by atoms with Crippen LogP contribution >= 0.6 is 11.8 Å². The van der Waals surface area contributed by atoms with Crippen LogP contribution in [-0.4, -0.2) is 30.7 Å². The summed E-state index contributed by atoms with van der Waals surface area (Å²) < 4.78 is 0. The first kappa shape index (κ1) is 14.5. The molecule has 0 fully saturated rings. The molecule has 0 radical (unpaired) electrons. The van der Waals surface area contributed by atoms with E-state index in [1.54, 1.807) is 11.8 Å². The Balaban J connectivity index is 2.48. The SMILES string of the molecule is CCSc1cccc(NC(=O)CNC(=O)CN)c1. The molecule has 1 aromatic carbocycles. The van der Waals surface area contributed by atoms with E-state index in [0.717, 1.165) is 16.3 Å². The first-order valence-corrected chi connectivity index (χ1v) is 6.63. The summed E-state index contributed by atoms with van der Waals surface area (Å²) in [6.07, 6.45) is 0. The molecule has 0 aliphatic rings. The van der Waals surface area contributed by atoms with Crippen molar-refractivity contribution >= 4 is 29.3 Å². The first-order chi connectivity index (χ1) is 8.65. The van der Waals surface area contributed by atoms with Gasteiger partial charge in [0.25, 0.3) is 0 Å². The summed E-state index contributed by atoms with van der Waals surface area (Å²) in [6, 6.07) is 7.57. The van der Waals surface area contributed by atoms with Crippen LogP contribution in [0.25, 0.3) is 0 Å². The van der Waals surface area contributed by atoms with Crippen LogP contribution in [0.5, 0.6) is 0 Å². The Bertz CT molecular complexity index is 424. The minimum atomic E-state index is -0.347. The standard InChI is InChI=1S/C12H17N3O2S/c1-2-18-10-5-3-4-9(6-10)15-12(17)8-14-11(16)7-13/h3-6H,2,7-8,13H2,1H3,(H,14,16)(H,15,17). The molecular formula is C12H17N3O2S. The lowest BCUT2D eigenvalue weighted by Gasteiger charge is -2.07. The van der Waals surface area contributed by atoms with E-state index in [9.17, 15) is 9.59 Å². The molecule has 1 rings (SSSR count). The number of nitrogens with two attached hydrogens (primary N) is 1. The number of hydrogen-bond acceptors (Lipinski definition) is 4. The summed E-state index contributed by atoms with van der Waals surface area (Å²) in [5.41, 5.74) is 5.84. The topological polar surface area (TPSA) is 84.2 Å². The van der Waals surface area contributed by atoms with Gasteiger partial charge in [0.05, 0.1) is 13.1 Å². The van der Waals surface area contributed by atoms with Gasteiger partial charge in [0, 0.05) is 10.6 Å². The smallest absolute Gasteiger partial charge is 0.243 e. The number of benzene rings is 1. The molecule has 0 unspecified atom stereocenters. The minimum Gasteiger partial charge on any atom is -0.346 e. The molecule has 0 aliphatic heterocycles. The fourth-order valence-electron chi connectivity index (χ4n) is 1.29. The minimum absolute atomic E-state index is 0.0683. The normalized spacial score (nSPS) is 9.89. The Morgan fingerprint density at radius 1 is 1.33 bits per heavy atom. The maximum Gasteiger partial charge on any atom is 0.243 e. The number of hydrogen-bond donors (Lipinski definition) is 3. The highest BCUT2D eigenvalue weighted by Crippen LogP contribution is 2.20. The maximum atomic E-state index is 11.5. The van der Waals surface area contributed by atoms with Crippen molar-refractivity contribution in [2.24, 2.45) is 5.73 Å². The molecule has 0 aliphatic carbocycles. The van der Waals surface area contributed by atoms with Gasteiger partial charge in [-0.15, -0.1) is 11.8 Å². The van der Waals surface area contributed by atoms with Crippen molar-refractivity contribution < 1.29 is 9.59 Å². The molecule has 6 heteroatoms. The van der Waals surface area contributed by atoms with Crippen molar-refractivity contribution in [3.63, 3.8) is 0 Å². The Morgan fingerprint density at radius 2 is 2.11 bits per heavy atom. The Morgan fingerprint density at radius 3 is 2.78 bits per heavy atom. The van der Waals surface area contributed by atoms with E-state index in [-0.39, 0.29) is 24.9 Å². The van der Waals surface area contributed by atoms with Crippen LogP contribution in [0, 0.1) is 0 Å². The van der Waals surface area contributed by atoms with Crippen LogP contribution in [0.15, 0.2) is 29.2 Å². The maximum absolute atomic E-state index is 11.5. The molecule has 0 aromatic heterocycles. The van der Waals surface area contributed by atoms with Crippen LogP contribution in [-0.2, 0) is 9.59 Å². The average molecular weight is 267 g/mol. The van der Waals surface area contributed by atoms with E-state index in [1.165, 1.54) is 0 Å². The predicted molar refractivity (Wildman–Crippen MR) is 73.5 cm³/mol. The van der Waals surface area contributed by atoms with Crippen molar-refractivity contribution in [2.45, 2.75) is 11.8 Å². The van der Waals surface area contributed by atoms with Gasteiger partial charge in [-0.05, 0) is 24.0 Å². The van der Waals surface area contributed by atoms with E-state index in [2.05, 4.69) is 17.6 Å². The summed E-state index contributed by atoms with van der Waals surface area (Å²) in [4.78, 5) is 23.5. The number of rotatable bonds is 6. The van der Waals surface area contributed by atoms with Gasteiger partial charge in [-0.1, -0.05) is 13.0 Å². The number of nitrogens with one attached hydrogen (secondary N) is 2. The van der Waals surface area contributed by atoms with Gasteiger partial charge in [-0.25, -0.2) is 0 Å². The van der Waals surface area contributed by atoms with E-state index in [4.69, 9.17) is 5.73 Å². The second kappa shape index (κ2) is 7.73. The third-order valence-corrected chi connectivity index (χ3v) is 2.94. The zero-order chi connectivity index (χ0) is 13.4. The predicted octanol–water partition coefficient (Wildman–Crippen LogP) is 0.812. The Labute approximate surface area is 111 Å². The monoisotopic (exact) mass is 267 g/mol. The van der Waals surface area contributed by atoms with Crippen molar-refractivity contribution in [1.82, 2.24) is 5.32 Å². The number of carbonyl (C=O) groups excluding carboxylic acids is 2. The highest BCUT2D eigenvalue weighted by atomic mass is 32.2. The Kier molecular flexibility index (Phi) is 6.24. The highest BCUT2D eigenvalue weighted by molar-refractivity contribution is 7.99. The molecule has 0 heterocycles. The first-order valence-electron chi connectivity index (χ1n) is 5.65. The van der Waals surface area contributed by atoms with Crippen molar-refractivity contribution in [2.75, 3.05) is 24.2 Å². The highest BCUT2D eigenvalue weighted by Gasteiger charge is 2.04. The van der Waals surface area contributed by atoms with Crippen molar-refractivity contribution in [3.8, 4) is 0 Å². The summed E-state index contributed by atoms with van der Waals surface area (Å²) in [5, 5.41) is 5.12. The quantitative estimate of drug-likeness (QED) is 0.666. The zero-order valence-corrected chi connectivity index (χ0v) is 11.0. The summed E-state index contributed by atoms with van der Waals surface area (Å²) >= 11 is 1.70.